The number of aryl methyl sites for hydroxylation is 1. The second-order valence-corrected chi connectivity index (χ2v) is 7.94. The van der Waals surface area contributed by atoms with Gasteiger partial charge in [0.05, 0.1) is 24.7 Å². The van der Waals surface area contributed by atoms with E-state index in [1.54, 1.807) is 38.3 Å². The number of nitrogens with one attached hydrogen (secondary N) is 1. The zero-order chi connectivity index (χ0) is 22.7. The maximum atomic E-state index is 12.6. The van der Waals surface area contributed by atoms with E-state index in [4.69, 9.17) is 9.72 Å². The van der Waals surface area contributed by atoms with Gasteiger partial charge in [0, 0.05) is 50.9 Å². The third-order valence-corrected chi connectivity index (χ3v) is 5.94. The number of ether oxygens (including phenoxy) is 1. The first-order valence-corrected chi connectivity index (χ1v) is 10.9. The highest BCUT2D eigenvalue weighted by molar-refractivity contribution is 6.05. The first-order valence-electron chi connectivity index (χ1n) is 10.9. The summed E-state index contributed by atoms with van der Waals surface area (Å²) in [4.78, 5) is 33.3. The van der Waals surface area contributed by atoms with Crippen molar-refractivity contribution < 1.29 is 14.3 Å². The lowest BCUT2D eigenvalue weighted by molar-refractivity contribution is -0.130. The van der Waals surface area contributed by atoms with Crippen LogP contribution in [0.25, 0.3) is 11.0 Å². The summed E-state index contributed by atoms with van der Waals surface area (Å²) in [5.74, 6) is 1.67. The van der Waals surface area contributed by atoms with Gasteiger partial charge in [-0.2, -0.15) is 0 Å². The molecule has 168 valence electrons. The van der Waals surface area contributed by atoms with Crippen molar-refractivity contribution in [3.05, 3.63) is 53.9 Å². The van der Waals surface area contributed by atoms with Crippen LogP contribution in [-0.4, -0.2) is 64.5 Å². The van der Waals surface area contributed by atoms with E-state index in [9.17, 15) is 9.59 Å². The molecule has 1 saturated heterocycles. The number of carbonyl (C=O) groups excluding carboxylic acids is 2. The zero-order valence-corrected chi connectivity index (χ0v) is 18.8. The van der Waals surface area contributed by atoms with E-state index in [0.29, 0.717) is 17.0 Å². The first-order chi connectivity index (χ1) is 15.5. The summed E-state index contributed by atoms with van der Waals surface area (Å²) in [6.07, 6.45) is 0. The summed E-state index contributed by atoms with van der Waals surface area (Å²) in [5, 5.41) is 2.95. The fraction of sp³-hybridized carbons (Fsp3) is 0.375. The Balaban J connectivity index is 1.49. The van der Waals surface area contributed by atoms with Crippen LogP contribution in [0.3, 0.4) is 0 Å². The number of carbonyl (C=O) groups is 2. The Hall–Kier alpha value is -3.39. The van der Waals surface area contributed by atoms with Gasteiger partial charge in [-0.15, -0.1) is 0 Å². The molecule has 3 aromatic rings. The number of imidazole rings is 1. The molecule has 2 aromatic carbocycles. The molecule has 0 spiro atoms. The number of piperazine rings is 1. The number of anilines is 1. The van der Waals surface area contributed by atoms with Crippen LogP contribution in [0.5, 0.6) is 5.75 Å². The summed E-state index contributed by atoms with van der Waals surface area (Å²) in [7, 11) is 1.60. The molecule has 1 aliphatic heterocycles. The Morgan fingerprint density at radius 3 is 2.41 bits per heavy atom. The molecule has 4 rings (SSSR count). The van der Waals surface area contributed by atoms with E-state index in [2.05, 4.69) is 21.7 Å². The summed E-state index contributed by atoms with van der Waals surface area (Å²) in [5.41, 5.74) is 3.18. The van der Waals surface area contributed by atoms with Crippen molar-refractivity contribution >= 4 is 28.5 Å². The molecule has 1 fully saturated rings. The summed E-state index contributed by atoms with van der Waals surface area (Å²) in [6, 6.07) is 12.8. The van der Waals surface area contributed by atoms with E-state index in [0.717, 1.165) is 56.1 Å². The Bertz CT molecular complexity index is 1110. The van der Waals surface area contributed by atoms with Crippen molar-refractivity contribution in [1.82, 2.24) is 19.4 Å². The van der Waals surface area contributed by atoms with Crippen molar-refractivity contribution in [2.24, 2.45) is 0 Å². The number of aromatic nitrogens is 2. The molecule has 0 saturated carbocycles. The molecule has 0 radical (unpaired) electrons. The molecular weight excluding hydrogens is 406 g/mol. The number of rotatable bonds is 6. The second kappa shape index (κ2) is 9.40. The number of fused-ring (bicyclic) bond motifs is 1. The van der Waals surface area contributed by atoms with Gasteiger partial charge in [0.1, 0.15) is 11.6 Å². The van der Waals surface area contributed by atoms with Gasteiger partial charge in [0.2, 0.25) is 5.91 Å². The second-order valence-electron chi connectivity index (χ2n) is 7.94. The summed E-state index contributed by atoms with van der Waals surface area (Å²) >= 11 is 0. The lowest BCUT2D eigenvalue weighted by Crippen LogP contribution is -2.47. The predicted octanol–water partition coefficient (Wildman–Crippen LogP) is 2.98. The number of benzene rings is 2. The van der Waals surface area contributed by atoms with Crippen molar-refractivity contribution in [3.63, 3.8) is 0 Å². The standard InChI is InChI=1S/C24H29N5O3/c1-4-29-22-10-7-19(25-24(31)18-5-8-20(32-3)9-6-18)15-21(22)26-23(29)16-27-11-13-28(14-12-27)17(2)30/h5-10,15H,4,11-14,16H2,1-3H3,(H,25,31). The van der Waals surface area contributed by atoms with Crippen LogP contribution in [0.4, 0.5) is 5.69 Å². The fourth-order valence-electron chi connectivity index (χ4n) is 4.10. The Morgan fingerprint density at radius 1 is 1.06 bits per heavy atom. The van der Waals surface area contributed by atoms with Crippen LogP contribution in [-0.2, 0) is 17.9 Å². The van der Waals surface area contributed by atoms with E-state index >= 15 is 0 Å². The van der Waals surface area contributed by atoms with Gasteiger partial charge in [0.25, 0.3) is 5.91 Å². The molecule has 8 nitrogen and oxygen atoms in total. The molecule has 2 amide bonds. The molecule has 1 aromatic heterocycles. The smallest absolute Gasteiger partial charge is 0.255 e. The van der Waals surface area contributed by atoms with Crippen LogP contribution >= 0.6 is 0 Å². The molecule has 1 aliphatic rings. The minimum atomic E-state index is -0.175. The Kier molecular flexibility index (Phi) is 6.41. The lowest BCUT2D eigenvalue weighted by Gasteiger charge is -2.33. The van der Waals surface area contributed by atoms with E-state index in [1.165, 1.54) is 0 Å². The molecule has 32 heavy (non-hydrogen) atoms. The third-order valence-electron chi connectivity index (χ3n) is 5.94. The topological polar surface area (TPSA) is 79.7 Å². The number of methoxy groups -OCH3 is 1. The monoisotopic (exact) mass is 435 g/mol. The fourth-order valence-corrected chi connectivity index (χ4v) is 4.10. The van der Waals surface area contributed by atoms with Gasteiger partial charge in [-0.3, -0.25) is 14.5 Å². The van der Waals surface area contributed by atoms with E-state index in [1.807, 2.05) is 23.1 Å². The number of hydrogen-bond acceptors (Lipinski definition) is 5. The quantitative estimate of drug-likeness (QED) is 0.644. The highest BCUT2D eigenvalue weighted by Crippen LogP contribution is 2.23. The number of nitrogens with zero attached hydrogens (tertiary/aromatic N) is 4. The number of amides is 2. The maximum absolute atomic E-state index is 12.6. The molecule has 0 aliphatic carbocycles. The highest BCUT2D eigenvalue weighted by atomic mass is 16.5. The van der Waals surface area contributed by atoms with Crippen molar-refractivity contribution in [1.29, 1.82) is 0 Å². The van der Waals surface area contributed by atoms with Crippen LogP contribution in [0.15, 0.2) is 42.5 Å². The summed E-state index contributed by atoms with van der Waals surface area (Å²) in [6.45, 7) is 8.48. The Morgan fingerprint density at radius 2 is 1.78 bits per heavy atom. The van der Waals surface area contributed by atoms with Crippen molar-refractivity contribution in [2.75, 3.05) is 38.6 Å². The van der Waals surface area contributed by atoms with E-state index in [-0.39, 0.29) is 11.8 Å². The van der Waals surface area contributed by atoms with Crippen LogP contribution in [0.1, 0.15) is 30.0 Å². The van der Waals surface area contributed by atoms with Crippen LogP contribution < -0.4 is 10.1 Å². The predicted molar refractivity (Wildman–Crippen MR) is 124 cm³/mol. The van der Waals surface area contributed by atoms with Crippen LogP contribution in [0.2, 0.25) is 0 Å². The molecule has 1 N–H and O–H groups in total. The minimum Gasteiger partial charge on any atom is -0.497 e. The van der Waals surface area contributed by atoms with Gasteiger partial charge >= 0.3 is 0 Å². The number of hydrogen-bond donors (Lipinski definition) is 1. The molecule has 8 heteroatoms. The van der Waals surface area contributed by atoms with Gasteiger partial charge in [0.15, 0.2) is 0 Å². The van der Waals surface area contributed by atoms with Crippen molar-refractivity contribution in [3.8, 4) is 5.75 Å². The van der Waals surface area contributed by atoms with Gasteiger partial charge in [-0.05, 0) is 49.4 Å². The average molecular weight is 436 g/mol. The SMILES string of the molecule is CCn1c(CN2CCN(C(C)=O)CC2)nc2cc(NC(=O)c3ccc(OC)cc3)ccc21. The van der Waals surface area contributed by atoms with Gasteiger partial charge in [-0.1, -0.05) is 0 Å². The molecule has 0 bridgehead atoms. The largest absolute Gasteiger partial charge is 0.497 e. The molecule has 0 unspecified atom stereocenters. The summed E-state index contributed by atoms with van der Waals surface area (Å²) < 4.78 is 7.36. The van der Waals surface area contributed by atoms with Crippen LogP contribution in [0, 0.1) is 0 Å². The normalized spacial score (nSPS) is 14.5. The van der Waals surface area contributed by atoms with E-state index < -0.39 is 0 Å². The average Bonchev–Trinajstić information content (AvgIpc) is 3.15. The first kappa shape index (κ1) is 21.8. The lowest BCUT2D eigenvalue weighted by atomic mass is 10.2. The molecule has 2 heterocycles. The van der Waals surface area contributed by atoms with Gasteiger partial charge < -0.3 is 19.5 Å². The molecular formula is C24H29N5O3. The zero-order valence-electron chi connectivity index (χ0n) is 18.8. The third kappa shape index (κ3) is 4.60. The highest BCUT2D eigenvalue weighted by Gasteiger charge is 2.21. The molecule has 0 atom stereocenters. The Labute approximate surface area is 187 Å². The van der Waals surface area contributed by atoms with Crippen molar-refractivity contribution in [2.45, 2.75) is 26.9 Å². The minimum absolute atomic E-state index is 0.134. The maximum Gasteiger partial charge on any atom is 0.255 e. The van der Waals surface area contributed by atoms with Gasteiger partial charge in [-0.25, -0.2) is 4.98 Å².